The van der Waals surface area contributed by atoms with E-state index >= 15 is 0 Å². The number of anilines is 1. The number of aromatic amines is 1. The van der Waals surface area contributed by atoms with Crippen molar-refractivity contribution in [1.82, 2.24) is 24.8 Å². The van der Waals surface area contributed by atoms with Crippen molar-refractivity contribution >= 4 is 22.8 Å². The number of nitrogens with one attached hydrogen (secondary N) is 1. The van der Waals surface area contributed by atoms with Crippen LogP contribution in [0.2, 0.25) is 0 Å². The maximum absolute atomic E-state index is 12.9. The SMILES string of the molecule is COc1cccc(C(=O)N2CC3CC(N(C)c4ncnc5[nH]ccc45)C[C@H]3C2)n1. The van der Waals surface area contributed by atoms with Crippen molar-refractivity contribution in [2.24, 2.45) is 11.8 Å². The van der Waals surface area contributed by atoms with E-state index in [1.807, 2.05) is 23.2 Å². The lowest BCUT2D eigenvalue weighted by Crippen LogP contribution is -2.34. The van der Waals surface area contributed by atoms with Crippen LogP contribution < -0.4 is 9.64 Å². The topological polar surface area (TPSA) is 87.2 Å². The summed E-state index contributed by atoms with van der Waals surface area (Å²) in [7, 11) is 3.68. The molecule has 1 N–H and O–H groups in total. The van der Waals surface area contributed by atoms with Gasteiger partial charge in [0, 0.05) is 38.4 Å². The van der Waals surface area contributed by atoms with E-state index < -0.39 is 0 Å². The maximum Gasteiger partial charge on any atom is 0.272 e. The monoisotopic (exact) mass is 392 g/mol. The summed E-state index contributed by atoms with van der Waals surface area (Å²) in [5.74, 6) is 2.46. The molecule has 150 valence electrons. The molecule has 1 aliphatic carbocycles. The van der Waals surface area contributed by atoms with E-state index in [4.69, 9.17) is 4.74 Å². The molecule has 3 aromatic rings. The molecule has 2 fully saturated rings. The molecule has 8 nitrogen and oxygen atoms in total. The van der Waals surface area contributed by atoms with E-state index in [2.05, 4.69) is 31.9 Å². The van der Waals surface area contributed by atoms with Gasteiger partial charge in [-0.1, -0.05) is 6.07 Å². The Hall–Kier alpha value is -3.16. The van der Waals surface area contributed by atoms with E-state index in [9.17, 15) is 4.79 Å². The number of pyridine rings is 1. The van der Waals surface area contributed by atoms with E-state index in [1.54, 1.807) is 25.6 Å². The van der Waals surface area contributed by atoms with Gasteiger partial charge < -0.3 is 19.5 Å². The molecule has 2 aliphatic rings. The standard InChI is InChI=1S/C21H24N6O2/c1-26(20-16-6-7-22-19(16)23-12-24-20)15-8-13-10-27(11-14(13)9-15)21(28)17-4-3-5-18(25-17)29-2/h3-7,12-15H,8-11H2,1-2H3,(H,22,23,24)/t13-,14?,15?/m0/s1. The highest BCUT2D eigenvalue weighted by atomic mass is 16.5. The Morgan fingerprint density at radius 3 is 2.76 bits per heavy atom. The van der Waals surface area contributed by atoms with Crippen molar-refractivity contribution < 1.29 is 9.53 Å². The van der Waals surface area contributed by atoms with Crippen LogP contribution in [0.15, 0.2) is 36.8 Å². The molecule has 0 spiro atoms. The average molecular weight is 392 g/mol. The van der Waals surface area contributed by atoms with E-state index in [0.29, 0.717) is 29.5 Å². The number of aromatic nitrogens is 4. The molecule has 3 aromatic heterocycles. The number of amides is 1. The van der Waals surface area contributed by atoms with Crippen LogP contribution >= 0.6 is 0 Å². The number of ether oxygens (including phenoxy) is 1. The summed E-state index contributed by atoms with van der Waals surface area (Å²) in [6.07, 6.45) is 5.64. The van der Waals surface area contributed by atoms with Gasteiger partial charge in [0.25, 0.3) is 5.91 Å². The Morgan fingerprint density at radius 1 is 1.21 bits per heavy atom. The molecule has 0 bridgehead atoms. The molecule has 4 heterocycles. The Kier molecular flexibility index (Phi) is 4.34. The molecule has 1 saturated heterocycles. The molecular weight excluding hydrogens is 368 g/mol. The Labute approximate surface area is 168 Å². The zero-order valence-corrected chi connectivity index (χ0v) is 16.6. The number of rotatable bonds is 4. The number of H-pyrrole nitrogens is 1. The summed E-state index contributed by atoms with van der Waals surface area (Å²) in [5, 5.41) is 1.05. The lowest BCUT2D eigenvalue weighted by molar-refractivity contribution is 0.0773. The number of fused-ring (bicyclic) bond motifs is 2. The molecule has 2 unspecified atom stereocenters. The third-order valence-electron chi connectivity index (χ3n) is 6.38. The molecule has 3 atom stereocenters. The van der Waals surface area contributed by atoms with E-state index in [0.717, 1.165) is 42.8 Å². The van der Waals surface area contributed by atoms with Crippen molar-refractivity contribution in [1.29, 1.82) is 0 Å². The molecule has 1 aliphatic heterocycles. The fourth-order valence-electron chi connectivity index (χ4n) is 4.87. The number of hydrogen-bond acceptors (Lipinski definition) is 6. The number of methoxy groups -OCH3 is 1. The normalized spacial score (nSPS) is 23.4. The van der Waals surface area contributed by atoms with Crippen LogP contribution in [-0.4, -0.2) is 64.0 Å². The first-order valence-corrected chi connectivity index (χ1v) is 9.95. The van der Waals surface area contributed by atoms with Gasteiger partial charge in [-0.15, -0.1) is 0 Å². The Morgan fingerprint density at radius 2 is 2.00 bits per heavy atom. The number of carbonyl (C=O) groups is 1. The van der Waals surface area contributed by atoms with Gasteiger partial charge in [0.2, 0.25) is 5.88 Å². The molecule has 8 heteroatoms. The Balaban J connectivity index is 1.27. The second-order valence-corrected chi connectivity index (χ2v) is 7.97. The molecule has 0 radical (unpaired) electrons. The third-order valence-corrected chi connectivity index (χ3v) is 6.38. The maximum atomic E-state index is 12.9. The average Bonchev–Trinajstić information content (AvgIpc) is 3.46. The molecule has 1 amide bonds. The van der Waals surface area contributed by atoms with Crippen LogP contribution in [0, 0.1) is 11.8 Å². The van der Waals surface area contributed by atoms with Crippen LogP contribution in [0.3, 0.4) is 0 Å². The molecule has 0 aromatic carbocycles. The number of carbonyl (C=O) groups excluding carboxylic acids is 1. The van der Waals surface area contributed by atoms with Gasteiger partial charge in [0.05, 0.1) is 12.5 Å². The largest absolute Gasteiger partial charge is 0.481 e. The van der Waals surface area contributed by atoms with E-state index in [-0.39, 0.29) is 5.91 Å². The predicted molar refractivity (Wildman–Crippen MR) is 109 cm³/mol. The molecular formula is C21H24N6O2. The van der Waals surface area contributed by atoms with Crippen LogP contribution in [0.1, 0.15) is 23.3 Å². The summed E-state index contributed by atoms with van der Waals surface area (Å²) in [5.41, 5.74) is 1.32. The van der Waals surface area contributed by atoms with Gasteiger partial charge in [0.15, 0.2) is 0 Å². The first kappa shape index (κ1) is 17.9. The minimum absolute atomic E-state index is 0.00645. The number of likely N-dealkylation sites (tertiary alicyclic amines) is 1. The second kappa shape index (κ2) is 7.02. The zero-order valence-electron chi connectivity index (χ0n) is 16.6. The highest BCUT2D eigenvalue weighted by molar-refractivity contribution is 5.92. The second-order valence-electron chi connectivity index (χ2n) is 7.97. The fourth-order valence-corrected chi connectivity index (χ4v) is 4.87. The number of nitrogens with zero attached hydrogens (tertiary/aromatic N) is 5. The molecule has 5 rings (SSSR count). The van der Waals surface area contributed by atoms with Crippen LogP contribution in [0.5, 0.6) is 5.88 Å². The minimum atomic E-state index is -0.00645. The lowest BCUT2D eigenvalue weighted by atomic mass is 10.0. The zero-order chi connectivity index (χ0) is 20.0. The van der Waals surface area contributed by atoms with Crippen molar-refractivity contribution in [2.45, 2.75) is 18.9 Å². The smallest absolute Gasteiger partial charge is 0.272 e. The summed E-state index contributed by atoms with van der Waals surface area (Å²) in [6, 6.07) is 7.77. The summed E-state index contributed by atoms with van der Waals surface area (Å²) >= 11 is 0. The van der Waals surface area contributed by atoms with Crippen molar-refractivity contribution in [2.75, 3.05) is 32.1 Å². The minimum Gasteiger partial charge on any atom is -0.481 e. The highest BCUT2D eigenvalue weighted by Gasteiger charge is 2.44. The highest BCUT2D eigenvalue weighted by Crippen LogP contribution is 2.41. The lowest BCUT2D eigenvalue weighted by Gasteiger charge is -2.28. The van der Waals surface area contributed by atoms with Gasteiger partial charge in [-0.2, -0.15) is 0 Å². The first-order valence-electron chi connectivity index (χ1n) is 9.95. The van der Waals surface area contributed by atoms with Crippen LogP contribution in [-0.2, 0) is 0 Å². The Bertz CT molecular complexity index is 1040. The predicted octanol–water partition coefficient (Wildman–Crippen LogP) is 2.35. The number of hydrogen-bond donors (Lipinski definition) is 1. The van der Waals surface area contributed by atoms with Gasteiger partial charge in [-0.25, -0.2) is 15.0 Å². The fraction of sp³-hybridized carbons (Fsp3) is 0.429. The summed E-state index contributed by atoms with van der Waals surface area (Å²) in [4.78, 5) is 33.4. The van der Waals surface area contributed by atoms with E-state index in [1.165, 1.54) is 0 Å². The van der Waals surface area contributed by atoms with Crippen molar-refractivity contribution in [3.05, 3.63) is 42.5 Å². The van der Waals surface area contributed by atoms with Gasteiger partial charge in [-0.05, 0) is 36.8 Å². The van der Waals surface area contributed by atoms with Gasteiger partial charge >= 0.3 is 0 Å². The van der Waals surface area contributed by atoms with Gasteiger partial charge in [0.1, 0.15) is 23.5 Å². The third kappa shape index (κ3) is 3.08. The summed E-state index contributed by atoms with van der Waals surface area (Å²) < 4.78 is 5.15. The molecule has 29 heavy (non-hydrogen) atoms. The van der Waals surface area contributed by atoms with Crippen LogP contribution in [0.4, 0.5) is 5.82 Å². The van der Waals surface area contributed by atoms with Crippen LogP contribution in [0.25, 0.3) is 11.0 Å². The summed E-state index contributed by atoms with van der Waals surface area (Å²) in [6.45, 7) is 1.58. The van der Waals surface area contributed by atoms with Crippen molar-refractivity contribution in [3.8, 4) is 5.88 Å². The first-order chi connectivity index (χ1) is 14.1. The quantitative estimate of drug-likeness (QED) is 0.733. The van der Waals surface area contributed by atoms with Crippen molar-refractivity contribution in [3.63, 3.8) is 0 Å². The van der Waals surface area contributed by atoms with Gasteiger partial charge in [-0.3, -0.25) is 4.79 Å². The molecule has 1 saturated carbocycles.